The molecule has 0 bridgehead atoms. The highest BCUT2D eigenvalue weighted by atomic mass is 16.3. The summed E-state index contributed by atoms with van der Waals surface area (Å²) in [6.45, 7) is 3.93. The summed E-state index contributed by atoms with van der Waals surface area (Å²) in [5, 5.41) is 13.1. The smallest absolute Gasteiger partial charge is 0.120 e. The van der Waals surface area contributed by atoms with Gasteiger partial charge in [-0.1, -0.05) is 18.2 Å². The summed E-state index contributed by atoms with van der Waals surface area (Å²) in [5.41, 5.74) is 0.945. The Morgan fingerprint density at radius 2 is 2.22 bits per heavy atom. The molecule has 1 atom stereocenters. The lowest BCUT2D eigenvalue weighted by atomic mass is 10.1. The van der Waals surface area contributed by atoms with Gasteiger partial charge in [0.25, 0.3) is 0 Å². The third kappa shape index (κ3) is 3.34. The molecule has 1 heterocycles. The van der Waals surface area contributed by atoms with E-state index in [1.54, 1.807) is 12.3 Å². The number of imidazole rings is 1. The van der Waals surface area contributed by atoms with Crippen LogP contribution in [0.3, 0.4) is 0 Å². The summed E-state index contributed by atoms with van der Waals surface area (Å²) < 4.78 is 2.06. The molecule has 2 N–H and O–H groups in total. The summed E-state index contributed by atoms with van der Waals surface area (Å²) in [4.78, 5) is 4.00. The zero-order valence-corrected chi connectivity index (χ0v) is 10.6. The molecule has 1 aromatic heterocycles. The molecule has 0 aliphatic rings. The summed E-state index contributed by atoms with van der Waals surface area (Å²) >= 11 is 0. The molecule has 0 spiro atoms. The maximum atomic E-state index is 9.74. The summed E-state index contributed by atoms with van der Waals surface area (Å²) in [5.74, 6) is 0.354. The first-order valence-electron chi connectivity index (χ1n) is 6.24. The van der Waals surface area contributed by atoms with Crippen LogP contribution in [0.1, 0.15) is 24.9 Å². The number of aromatic hydroxyl groups is 1. The van der Waals surface area contributed by atoms with Crippen molar-refractivity contribution in [1.29, 1.82) is 0 Å². The number of aromatic nitrogens is 2. The predicted octanol–water partition coefficient (Wildman–Crippen LogP) is 2.33. The van der Waals surface area contributed by atoms with Gasteiger partial charge >= 0.3 is 0 Å². The molecule has 18 heavy (non-hydrogen) atoms. The fourth-order valence-electron chi connectivity index (χ4n) is 1.96. The van der Waals surface area contributed by atoms with Gasteiger partial charge in [0.2, 0.25) is 0 Å². The lowest BCUT2D eigenvalue weighted by Crippen LogP contribution is -2.20. The average Bonchev–Trinajstić information content (AvgIpc) is 2.88. The molecular weight excluding hydrogens is 226 g/mol. The van der Waals surface area contributed by atoms with E-state index in [1.165, 1.54) is 0 Å². The van der Waals surface area contributed by atoms with Crippen LogP contribution in [0, 0.1) is 0 Å². The van der Waals surface area contributed by atoms with Crippen LogP contribution >= 0.6 is 0 Å². The van der Waals surface area contributed by atoms with Crippen molar-refractivity contribution in [3.63, 3.8) is 0 Å². The number of para-hydroxylation sites is 1. The van der Waals surface area contributed by atoms with E-state index in [0.717, 1.165) is 25.1 Å². The minimum Gasteiger partial charge on any atom is -0.508 e. The molecule has 0 saturated heterocycles. The van der Waals surface area contributed by atoms with Gasteiger partial charge in [-0.05, 0) is 26.0 Å². The number of phenols is 1. The van der Waals surface area contributed by atoms with Crippen LogP contribution in [0.15, 0.2) is 43.0 Å². The maximum absolute atomic E-state index is 9.74. The maximum Gasteiger partial charge on any atom is 0.120 e. The molecule has 0 fully saturated rings. The summed E-state index contributed by atoms with van der Waals surface area (Å²) in [7, 11) is 0. The molecule has 1 aromatic carbocycles. The first-order chi connectivity index (χ1) is 8.77. The number of nitrogens with one attached hydrogen (secondary N) is 1. The van der Waals surface area contributed by atoms with E-state index in [0.29, 0.717) is 5.75 Å². The number of benzene rings is 1. The van der Waals surface area contributed by atoms with E-state index in [4.69, 9.17) is 0 Å². The van der Waals surface area contributed by atoms with E-state index in [-0.39, 0.29) is 6.04 Å². The Labute approximate surface area is 107 Å². The highest BCUT2D eigenvalue weighted by Crippen LogP contribution is 2.22. The van der Waals surface area contributed by atoms with Crippen molar-refractivity contribution in [3.05, 3.63) is 48.5 Å². The van der Waals surface area contributed by atoms with Gasteiger partial charge in [0.15, 0.2) is 0 Å². The van der Waals surface area contributed by atoms with Crippen molar-refractivity contribution in [3.8, 4) is 5.75 Å². The molecule has 0 radical (unpaired) electrons. The second kappa shape index (κ2) is 6.21. The number of phenolic OH excluding ortho intramolecular Hbond substituents is 1. The number of hydrogen-bond donors (Lipinski definition) is 2. The topological polar surface area (TPSA) is 50.1 Å². The fourth-order valence-corrected chi connectivity index (χ4v) is 1.96. The van der Waals surface area contributed by atoms with Crippen LogP contribution in [0.5, 0.6) is 5.75 Å². The van der Waals surface area contributed by atoms with Gasteiger partial charge in [-0.15, -0.1) is 0 Å². The quantitative estimate of drug-likeness (QED) is 0.768. The second-order valence-corrected chi connectivity index (χ2v) is 4.39. The lowest BCUT2D eigenvalue weighted by molar-refractivity contribution is 0.449. The van der Waals surface area contributed by atoms with Crippen LogP contribution in [0.25, 0.3) is 0 Å². The monoisotopic (exact) mass is 245 g/mol. The highest BCUT2D eigenvalue weighted by molar-refractivity contribution is 5.33. The zero-order chi connectivity index (χ0) is 12.8. The summed E-state index contributed by atoms with van der Waals surface area (Å²) in [6.07, 6.45) is 6.62. The van der Waals surface area contributed by atoms with E-state index in [9.17, 15) is 5.11 Å². The largest absolute Gasteiger partial charge is 0.508 e. The van der Waals surface area contributed by atoms with Gasteiger partial charge < -0.3 is 15.0 Å². The Morgan fingerprint density at radius 3 is 2.94 bits per heavy atom. The molecule has 4 nitrogen and oxygen atoms in total. The number of aryl methyl sites for hydroxylation is 1. The van der Waals surface area contributed by atoms with Crippen LogP contribution < -0.4 is 5.32 Å². The molecular formula is C14H19N3O. The van der Waals surface area contributed by atoms with E-state index >= 15 is 0 Å². The standard InChI is InChI=1S/C14H19N3O/c1-12(13-5-2-3-6-14(13)18)16-7-4-9-17-10-8-15-11-17/h2-3,5-6,8,10-12,16,18H,4,7,9H2,1H3. The van der Waals surface area contributed by atoms with Crippen LogP contribution in [0.2, 0.25) is 0 Å². The van der Waals surface area contributed by atoms with E-state index in [1.807, 2.05) is 30.7 Å². The first-order valence-corrected chi connectivity index (χ1v) is 6.24. The van der Waals surface area contributed by atoms with Gasteiger partial charge in [0.05, 0.1) is 6.33 Å². The van der Waals surface area contributed by atoms with Crippen molar-refractivity contribution < 1.29 is 5.11 Å². The SMILES string of the molecule is CC(NCCCn1ccnc1)c1ccccc1O. The lowest BCUT2D eigenvalue weighted by Gasteiger charge is -2.15. The molecule has 0 aliphatic carbocycles. The molecule has 4 heteroatoms. The van der Waals surface area contributed by atoms with Gasteiger partial charge in [0.1, 0.15) is 5.75 Å². The van der Waals surface area contributed by atoms with Crippen molar-refractivity contribution in [2.75, 3.05) is 6.54 Å². The number of hydrogen-bond acceptors (Lipinski definition) is 3. The van der Waals surface area contributed by atoms with E-state index in [2.05, 4.69) is 21.8 Å². The van der Waals surface area contributed by atoms with Crippen molar-refractivity contribution >= 4 is 0 Å². The first kappa shape index (κ1) is 12.6. The van der Waals surface area contributed by atoms with Crippen LogP contribution in [-0.4, -0.2) is 21.2 Å². The Bertz CT molecular complexity index is 468. The molecule has 2 aromatic rings. The molecule has 1 unspecified atom stereocenters. The normalized spacial score (nSPS) is 12.5. The molecule has 0 saturated carbocycles. The third-order valence-corrected chi connectivity index (χ3v) is 3.01. The number of nitrogens with zero attached hydrogens (tertiary/aromatic N) is 2. The minimum absolute atomic E-state index is 0.161. The zero-order valence-electron chi connectivity index (χ0n) is 10.6. The van der Waals surface area contributed by atoms with Crippen molar-refractivity contribution in [2.24, 2.45) is 0 Å². The van der Waals surface area contributed by atoms with Gasteiger partial charge in [-0.2, -0.15) is 0 Å². The van der Waals surface area contributed by atoms with E-state index < -0.39 is 0 Å². The Balaban J connectivity index is 1.75. The van der Waals surface area contributed by atoms with Gasteiger partial charge in [0, 0.05) is 30.5 Å². The Hall–Kier alpha value is -1.81. The fraction of sp³-hybridized carbons (Fsp3) is 0.357. The Kier molecular flexibility index (Phi) is 4.36. The molecule has 0 amide bonds. The van der Waals surface area contributed by atoms with Crippen molar-refractivity contribution in [2.45, 2.75) is 25.9 Å². The summed E-state index contributed by atoms with van der Waals surface area (Å²) in [6, 6.07) is 7.61. The van der Waals surface area contributed by atoms with Crippen LogP contribution in [-0.2, 0) is 6.54 Å². The molecule has 0 aliphatic heterocycles. The molecule has 96 valence electrons. The van der Waals surface area contributed by atoms with Crippen molar-refractivity contribution in [1.82, 2.24) is 14.9 Å². The van der Waals surface area contributed by atoms with Crippen LogP contribution in [0.4, 0.5) is 0 Å². The average molecular weight is 245 g/mol. The van der Waals surface area contributed by atoms with Gasteiger partial charge in [-0.25, -0.2) is 4.98 Å². The second-order valence-electron chi connectivity index (χ2n) is 4.39. The number of rotatable bonds is 6. The predicted molar refractivity (Wildman–Crippen MR) is 71.4 cm³/mol. The highest BCUT2D eigenvalue weighted by Gasteiger charge is 2.08. The van der Waals surface area contributed by atoms with Gasteiger partial charge in [-0.3, -0.25) is 0 Å². The minimum atomic E-state index is 0.161. The molecule has 2 rings (SSSR count). The Morgan fingerprint density at radius 1 is 1.39 bits per heavy atom. The third-order valence-electron chi connectivity index (χ3n) is 3.01.